The number of hydrogen-bond donors (Lipinski definition) is 3. The lowest BCUT2D eigenvalue weighted by molar-refractivity contribution is -0.134. The number of aromatic nitrogens is 4. The van der Waals surface area contributed by atoms with E-state index in [1.54, 1.807) is 0 Å². The van der Waals surface area contributed by atoms with Crippen LogP contribution in [0.1, 0.15) is 24.7 Å². The molecule has 3 aromatic rings. The summed E-state index contributed by atoms with van der Waals surface area (Å²) in [5, 5.41) is 12.6. The second-order valence-electron chi connectivity index (χ2n) is 5.58. The summed E-state index contributed by atoms with van der Waals surface area (Å²) < 4.78 is 0. The third kappa shape index (κ3) is 3.19. The molecule has 0 fully saturated rings. The molecule has 0 spiro atoms. The molecule has 24 heavy (non-hydrogen) atoms. The molecule has 3 aromatic heterocycles. The third-order valence-corrected chi connectivity index (χ3v) is 3.71. The van der Waals surface area contributed by atoms with Crippen molar-refractivity contribution in [2.24, 2.45) is 0 Å². The highest BCUT2D eigenvalue weighted by Gasteiger charge is 2.14. The Labute approximate surface area is 139 Å². The molecule has 0 saturated heterocycles. The highest BCUT2D eigenvalue weighted by atomic mass is 16.4. The number of aliphatic carboxylic acids is 1. The maximum atomic E-state index is 10.8. The first-order valence-electron chi connectivity index (χ1n) is 7.85. The predicted molar refractivity (Wildman–Crippen MR) is 92.0 cm³/mol. The number of aryl methyl sites for hydroxylation is 2. The van der Waals surface area contributed by atoms with Crippen molar-refractivity contribution in [1.29, 1.82) is 0 Å². The van der Waals surface area contributed by atoms with E-state index in [0.29, 0.717) is 17.3 Å². The molecule has 0 aliphatic carbocycles. The molecule has 3 rings (SSSR count). The second kappa shape index (κ2) is 6.66. The van der Waals surface area contributed by atoms with E-state index in [-0.39, 0.29) is 6.54 Å². The van der Waals surface area contributed by atoms with Crippen molar-refractivity contribution in [3.05, 3.63) is 35.9 Å². The topological polar surface area (TPSA) is 104 Å². The van der Waals surface area contributed by atoms with Gasteiger partial charge in [-0.1, -0.05) is 13.3 Å². The number of carboxylic acids is 1. The van der Waals surface area contributed by atoms with Gasteiger partial charge in [0.1, 0.15) is 23.8 Å². The van der Waals surface area contributed by atoms with Crippen molar-refractivity contribution in [2.75, 3.05) is 11.9 Å². The fourth-order valence-corrected chi connectivity index (χ4v) is 2.67. The normalized spacial score (nSPS) is 10.9. The van der Waals surface area contributed by atoms with E-state index in [2.05, 4.69) is 32.2 Å². The number of rotatable bonds is 6. The van der Waals surface area contributed by atoms with E-state index in [1.165, 1.54) is 0 Å². The standard InChI is InChI=1S/C17H19N5O2/c1-3-4-11-8-19-10(2)21-16(11)13-7-14(20-9-15(23)24)22-17-12(13)5-6-18-17/h5-8H,3-4,9H2,1-2H3,(H,23,24)(H2,18,20,22). The van der Waals surface area contributed by atoms with Gasteiger partial charge in [-0.2, -0.15) is 0 Å². The zero-order chi connectivity index (χ0) is 17.1. The van der Waals surface area contributed by atoms with Crippen LogP contribution in [0, 0.1) is 6.92 Å². The summed E-state index contributed by atoms with van der Waals surface area (Å²) >= 11 is 0. The highest BCUT2D eigenvalue weighted by Crippen LogP contribution is 2.31. The summed E-state index contributed by atoms with van der Waals surface area (Å²) in [6.07, 6.45) is 5.55. The maximum absolute atomic E-state index is 10.8. The van der Waals surface area contributed by atoms with Crippen LogP contribution >= 0.6 is 0 Å². The van der Waals surface area contributed by atoms with Crippen molar-refractivity contribution in [3.63, 3.8) is 0 Å². The predicted octanol–water partition coefficient (Wildman–Crippen LogP) is 2.78. The molecule has 0 aliphatic heterocycles. The lowest BCUT2D eigenvalue weighted by Crippen LogP contribution is -2.13. The minimum Gasteiger partial charge on any atom is -0.480 e. The van der Waals surface area contributed by atoms with Crippen LogP contribution in [-0.2, 0) is 11.2 Å². The van der Waals surface area contributed by atoms with Gasteiger partial charge in [0.05, 0.1) is 5.69 Å². The van der Waals surface area contributed by atoms with Crippen LogP contribution in [0.3, 0.4) is 0 Å². The van der Waals surface area contributed by atoms with Gasteiger partial charge in [-0.05, 0) is 31.0 Å². The molecule has 0 radical (unpaired) electrons. The Kier molecular flexibility index (Phi) is 4.41. The zero-order valence-corrected chi connectivity index (χ0v) is 13.6. The van der Waals surface area contributed by atoms with Crippen LogP contribution in [-0.4, -0.2) is 37.6 Å². The number of carbonyl (C=O) groups is 1. The van der Waals surface area contributed by atoms with Crippen molar-refractivity contribution < 1.29 is 9.90 Å². The molecule has 3 N–H and O–H groups in total. The van der Waals surface area contributed by atoms with Gasteiger partial charge in [-0.25, -0.2) is 15.0 Å². The fraction of sp³-hybridized carbons (Fsp3) is 0.294. The molecule has 0 aliphatic rings. The average Bonchev–Trinajstić information content (AvgIpc) is 3.02. The molecule has 0 amide bonds. The SMILES string of the molecule is CCCc1cnc(C)nc1-c1cc(NCC(=O)O)nc2[nH]ccc12. The Balaban J connectivity index is 2.16. The third-order valence-electron chi connectivity index (χ3n) is 3.71. The van der Waals surface area contributed by atoms with Crippen molar-refractivity contribution in [3.8, 4) is 11.3 Å². The van der Waals surface area contributed by atoms with Crippen LogP contribution in [0.25, 0.3) is 22.3 Å². The number of aromatic amines is 1. The zero-order valence-electron chi connectivity index (χ0n) is 13.6. The van der Waals surface area contributed by atoms with E-state index >= 15 is 0 Å². The summed E-state index contributed by atoms with van der Waals surface area (Å²) in [5.41, 5.74) is 3.55. The van der Waals surface area contributed by atoms with Gasteiger partial charge in [0, 0.05) is 23.3 Å². The molecule has 0 unspecified atom stereocenters. The highest BCUT2D eigenvalue weighted by molar-refractivity contribution is 5.94. The van der Waals surface area contributed by atoms with Gasteiger partial charge in [0.15, 0.2) is 0 Å². The Morgan fingerprint density at radius 3 is 2.96 bits per heavy atom. The Morgan fingerprint density at radius 2 is 2.21 bits per heavy atom. The number of pyridine rings is 1. The van der Waals surface area contributed by atoms with E-state index in [1.807, 2.05) is 31.5 Å². The van der Waals surface area contributed by atoms with Crippen molar-refractivity contribution in [2.45, 2.75) is 26.7 Å². The minimum absolute atomic E-state index is 0.191. The average molecular weight is 325 g/mol. The van der Waals surface area contributed by atoms with Crippen LogP contribution in [0.15, 0.2) is 24.5 Å². The van der Waals surface area contributed by atoms with Crippen LogP contribution in [0.4, 0.5) is 5.82 Å². The maximum Gasteiger partial charge on any atom is 0.322 e. The first-order valence-corrected chi connectivity index (χ1v) is 7.85. The van der Waals surface area contributed by atoms with E-state index < -0.39 is 5.97 Å². The summed E-state index contributed by atoms with van der Waals surface area (Å²) in [5.74, 6) is 0.265. The number of carboxylic acid groups (broad SMARTS) is 1. The lowest BCUT2D eigenvalue weighted by atomic mass is 10.0. The number of hydrogen-bond acceptors (Lipinski definition) is 5. The van der Waals surface area contributed by atoms with Gasteiger partial charge < -0.3 is 15.4 Å². The van der Waals surface area contributed by atoms with Crippen molar-refractivity contribution >= 4 is 22.8 Å². The first kappa shape index (κ1) is 15.9. The van der Waals surface area contributed by atoms with Gasteiger partial charge >= 0.3 is 5.97 Å². The van der Waals surface area contributed by atoms with Gasteiger partial charge in [-0.15, -0.1) is 0 Å². The Bertz CT molecular complexity index is 888. The van der Waals surface area contributed by atoms with Gasteiger partial charge in [0.25, 0.3) is 0 Å². The molecular formula is C17H19N5O2. The monoisotopic (exact) mass is 325 g/mol. The van der Waals surface area contributed by atoms with Crippen LogP contribution < -0.4 is 5.32 Å². The summed E-state index contributed by atoms with van der Waals surface area (Å²) in [7, 11) is 0. The smallest absolute Gasteiger partial charge is 0.322 e. The molecule has 7 heteroatoms. The molecule has 0 bridgehead atoms. The molecule has 0 aromatic carbocycles. The van der Waals surface area contributed by atoms with Gasteiger partial charge in [0.2, 0.25) is 0 Å². The van der Waals surface area contributed by atoms with E-state index in [9.17, 15) is 4.79 Å². The largest absolute Gasteiger partial charge is 0.480 e. The Hall–Kier alpha value is -2.96. The van der Waals surface area contributed by atoms with Crippen molar-refractivity contribution in [1.82, 2.24) is 19.9 Å². The number of fused-ring (bicyclic) bond motifs is 1. The first-order chi connectivity index (χ1) is 11.6. The van der Waals surface area contributed by atoms with E-state index in [4.69, 9.17) is 5.11 Å². The molecule has 124 valence electrons. The molecule has 3 heterocycles. The Morgan fingerprint density at radius 1 is 1.38 bits per heavy atom. The number of nitrogens with one attached hydrogen (secondary N) is 2. The number of anilines is 1. The second-order valence-corrected chi connectivity index (χ2v) is 5.58. The molecule has 7 nitrogen and oxygen atoms in total. The number of H-pyrrole nitrogens is 1. The summed E-state index contributed by atoms with van der Waals surface area (Å²) in [6.45, 7) is 3.78. The summed E-state index contributed by atoms with van der Waals surface area (Å²) in [4.78, 5) is 27.2. The van der Waals surface area contributed by atoms with Crippen LogP contribution in [0.5, 0.6) is 0 Å². The molecular weight excluding hydrogens is 306 g/mol. The molecule has 0 saturated carbocycles. The minimum atomic E-state index is -0.936. The lowest BCUT2D eigenvalue weighted by Gasteiger charge is -2.12. The molecule has 0 atom stereocenters. The quantitative estimate of drug-likeness (QED) is 0.644. The number of nitrogens with zero attached hydrogens (tertiary/aromatic N) is 3. The van der Waals surface area contributed by atoms with E-state index in [0.717, 1.165) is 35.0 Å². The summed E-state index contributed by atoms with van der Waals surface area (Å²) in [6, 6.07) is 3.80. The van der Waals surface area contributed by atoms with Crippen LogP contribution in [0.2, 0.25) is 0 Å². The fourth-order valence-electron chi connectivity index (χ4n) is 2.67. The van der Waals surface area contributed by atoms with Gasteiger partial charge in [-0.3, -0.25) is 4.79 Å².